The molecular weight excluding hydrogens is 322 g/mol. The lowest BCUT2D eigenvalue weighted by atomic mass is 10.0. The SMILES string of the molecule is Cc1cc(C(=O)Nc2cccc(C[S@](=O)C3CCCCC3)c2)n[nH]1. The maximum absolute atomic E-state index is 12.5. The summed E-state index contributed by atoms with van der Waals surface area (Å²) in [6.07, 6.45) is 5.79. The van der Waals surface area contributed by atoms with Crippen LogP contribution in [0.25, 0.3) is 0 Å². The summed E-state index contributed by atoms with van der Waals surface area (Å²) >= 11 is 0. The molecule has 2 aromatic rings. The Hall–Kier alpha value is -1.95. The van der Waals surface area contributed by atoms with Crippen molar-refractivity contribution in [3.8, 4) is 0 Å². The fourth-order valence-corrected chi connectivity index (χ4v) is 4.68. The fourth-order valence-electron chi connectivity index (χ4n) is 3.08. The van der Waals surface area contributed by atoms with Crippen molar-refractivity contribution in [3.05, 3.63) is 47.3 Å². The highest BCUT2D eigenvalue weighted by Gasteiger charge is 2.20. The standard InChI is InChI=1S/C18H23N3O2S/c1-13-10-17(21-20-13)18(22)19-15-7-5-6-14(11-15)12-24(23)16-8-3-2-4-9-16/h5-7,10-11,16H,2-4,8-9,12H2,1H3,(H,19,22)(H,20,21)/t24-/m0/s1. The first-order valence-corrected chi connectivity index (χ1v) is 9.79. The van der Waals surface area contributed by atoms with E-state index in [0.29, 0.717) is 22.4 Å². The number of H-pyrrole nitrogens is 1. The van der Waals surface area contributed by atoms with Crippen molar-refractivity contribution >= 4 is 22.4 Å². The van der Waals surface area contributed by atoms with Gasteiger partial charge in [-0.1, -0.05) is 31.4 Å². The number of carbonyl (C=O) groups is 1. The van der Waals surface area contributed by atoms with Crippen LogP contribution in [0.2, 0.25) is 0 Å². The van der Waals surface area contributed by atoms with Crippen LogP contribution in [0.3, 0.4) is 0 Å². The molecule has 1 atom stereocenters. The number of aromatic nitrogens is 2. The molecule has 128 valence electrons. The van der Waals surface area contributed by atoms with E-state index in [0.717, 1.165) is 24.1 Å². The predicted molar refractivity (Wildman–Crippen MR) is 96.4 cm³/mol. The summed E-state index contributed by atoms with van der Waals surface area (Å²) in [5, 5.41) is 9.88. The highest BCUT2D eigenvalue weighted by Crippen LogP contribution is 2.24. The minimum Gasteiger partial charge on any atom is -0.321 e. The van der Waals surface area contributed by atoms with Gasteiger partial charge in [-0.3, -0.25) is 14.1 Å². The van der Waals surface area contributed by atoms with Gasteiger partial charge >= 0.3 is 0 Å². The van der Waals surface area contributed by atoms with Crippen molar-refractivity contribution in [2.45, 2.75) is 50.0 Å². The number of rotatable bonds is 5. The Balaban J connectivity index is 1.63. The third-order valence-electron chi connectivity index (χ3n) is 4.36. The van der Waals surface area contributed by atoms with Crippen LogP contribution >= 0.6 is 0 Å². The average Bonchev–Trinajstić information content (AvgIpc) is 3.02. The number of anilines is 1. The normalized spacial score (nSPS) is 16.7. The summed E-state index contributed by atoms with van der Waals surface area (Å²) in [5.74, 6) is 0.306. The Morgan fingerprint density at radius 2 is 2.08 bits per heavy atom. The van der Waals surface area contributed by atoms with Crippen LogP contribution in [0.15, 0.2) is 30.3 Å². The largest absolute Gasteiger partial charge is 0.321 e. The number of carbonyl (C=O) groups excluding carboxylic acids is 1. The van der Waals surface area contributed by atoms with Crippen LogP contribution < -0.4 is 5.32 Å². The molecule has 0 bridgehead atoms. The molecule has 1 saturated carbocycles. The molecular formula is C18H23N3O2S. The molecule has 1 aromatic heterocycles. The monoisotopic (exact) mass is 345 g/mol. The van der Waals surface area contributed by atoms with Crippen molar-refractivity contribution < 1.29 is 9.00 Å². The molecule has 1 heterocycles. The van der Waals surface area contributed by atoms with E-state index in [4.69, 9.17) is 0 Å². The number of aryl methyl sites for hydroxylation is 1. The lowest BCUT2D eigenvalue weighted by Crippen LogP contribution is -2.20. The highest BCUT2D eigenvalue weighted by atomic mass is 32.2. The van der Waals surface area contributed by atoms with Crippen LogP contribution in [0.4, 0.5) is 5.69 Å². The van der Waals surface area contributed by atoms with E-state index >= 15 is 0 Å². The molecule has 0 radical (unpaired) electrons. The van der Waals surface area contributed by atoms with Crippen molar-refractivity contribution in [1.82, 2.24) is 10.2 Å². The maximum Gasteiger partial charge on any atom is 0.276 e. The first-order valence-electron chi connectivity index (χ1n) is 8.41. The molecule has 0 saturated heterocycles. The van der Waals surface area contributed by atoms with E-state index in [1.165, 1.54) is 19.3 Å². The highest BCUT2D eigenvalue weighted by molar-refractivity contribution is 7.84. The molecule has 1 fully saturated rings. The number of aromatic amines is 1. The Morgan fingerprint density at radius 1 is 1.29 bits per heavy atom. The average molecular weight is 345 g/mol. The van der Waals surface area contributed by atoms with Crippen LogP contribution in [0.5, 0.6) is 0 Å². The first kappa shape index (κ1) is 16.9. The van der Waals surface area contributed by atoms with E-state index in [1.54, 1.807) is 6.07 Å². The Kier molecular flexibility index (Phi) is 5.45. The first-order chi connectivity index (χ1) is 11.6. The van der Waals surface area contributed by atoms with Crippen LogP contribution in [-0.4, -0.2) is 25.6 Å². The molecule has 2 N–H and O–H groups in total. The molecule has 1 aliphatic rings. The zero-order valence-electron chi connectivity index (χ0n) is 13.9. The molecule has 24 heavy (non-hydrogen) atoms. The van der Waals surface area contributed by atoms with Crippen molar-refractivity contribution in [1.29, 1.82) is 0 Å². The maximum atomic E-state index is 12.5. The molecule has 1 aromatic carbocycles. The van der Waals surface area contributed by atoms with Gasteiger partial charge in [0.1, 0.15) is 0 Å². The summed E-state index contributed by atoms with van der Waals surface area (Å²) < 4.78 is 12.5. The second-order valence-corrected chi connectivity index (χ2v) is 8.09. The minimum absolute atomic E-state index is 0.245. The van der Waals surface area contributed by atoms with Gasteiger partial charge in [0.25, 0.3) is 5.91 Å². The zero-order chi connectivity index (χ0) is 16.9. The Labute approximate surface area is 144 Å². The van der Waals surface area contributed by atoms with Crippen molar-refractivity contribution in [2.24, 2.45) is 0 Å². The van der Waals surface area contributed by atoms with Crippen molar-refractivity contribution in [2.75, 3.05) is 5.32 Å². The van der Waals surface area contributed by atoms with Gasteiger partial charge in [0.15, 0.2) is 5.69 Å². The van der Waals surface area contributed by atoms with E-state index in [-0.39, 0.29) is 5.91 Å². The van der Waals surface area contributed by atoms with E-state index in [1.807, 2.05) is 31.2 Å². The number of hydrogen-bond donors (Lipinski definition) is 2. The Bertz CT molecular complexity index is 735. The minimum atomic E-state index is -0.841. The van der Waals surface area contributed by atoms with Gasteiger partial charge in [0.2, 0.25) is 0 Å². The van der Waals surface area contributed by atoms with Gasteiger partial charge in [0, 0.05) is 33.2 Å². The Morgan fingerprint density at radius 3 is 2.79 bits per heavy atom. The molecule has 1 aliphatic carbocycles. The molecule has 5 nitrogen and oxygen atoms in total. The van der Waals surface area contributed by atoms with Crippen molar-refractivity contribution in [3.63, 3.8) is 0 Å². The number of benzene rings is 1. The van der Waals surface area contributed by atoms with Gasteiger partial charge in [-0.2, -0.15) is 5.10 Å². The van der Waals surface area contributed by atoms with Gasteiger partial charge in [-0.25, -0.2) is 0 Å². The third-order valence-corrected chi connectivity index (χ3v) is 6.19. The summed E-state index contributed by atoms with van der Waals surface area (Å²) in [6, 6.07) is 9.30. The van der Waals surface area contributed by atoms with Crippen LogP contribution in [-0.2, 0) is 16.6 Å². The van der Waals surface area contributed by atoms with Gasteiger partial charge in [-0.05, 0) is 43.5 Å². The lowest BCUT2D eigenvalue weighted by molar-refractivity contribution is 0.102. The summed E-state index contributed by atoms with van der Waals surface area (Å²) in [6.45, 7) is 1.85. The fraction of sp³-hybridized carbons (Fsp3) is 0.444. The molecule has 0 spiro atoms. The predicted octanol–water partition coefficient (Wildman–Crippen LogP) is 3.55. The number of nitrogens with one attached hydrogen (secondary N) is 2. The van der Waals surface area contributed by atoms with Gasteiger partial charge in [0.05, 0.1) is 0 Å². The second-order valence-electron chi connectivity index (χ2n) is 6.38. The topological polar surface area (TPSA) is 74.8 Å². The quantitative estimate of drug-likeness (QED) is 0.870. The van der Waals surface area contributed by atoms with E-state index in [2.05, 4.69) is 15.5 Å². The van der Waals surface area contributed by atoms with Crippen LogP contribution in [0.1, 0.15) is 53.8 Å². The molecule has 6 heteroatoms. The van der Waals surface area contributed by atoms with Gasteiger partial charge in [-0.15, -0.1) is 0 Å². The summed E-state index contributed by atoms with van der Waals surface area (Å²) in [5.41, 5.74) is 2.91. The second kappa shape index (κ2) is 7.75. The van der Waals surface area contributed by atoms with E-state index < -0.39 is 10.8 Å². The lowest BCUT2D eigenvalue weighted by Gasteiger charge is -2.21. The third kappa shape index (κ3) is 4.32. The number of amides is 1. The smallest absolute Gasteiger partial charge is 0.276 e. The number of nitrogens with zero attached hydrogens (tertiary/aromatic N) is 1. The number of hydrogen-bond acceptors (Lipinski definition) is 3. The molecule has 0 unspecified atom stereocenters. The molecule has 0 aliphatic heterocycles. The van der Waals surface area contributed by atoms with Gasteiger partial charge < -0.3 is 5.32 Å². The zero-order valence-corrected chi connectivity index (χ0v) is 14.7. The molecule has 1 amide bonds. The summed E-state index contributed by atoms with van der Waals surface area (Å²) in [4.78, 5) is 12.2. The summed E-state index contributed by atoms with van der Waals surface area (Å²) in [7, 11) is -0.841. The van der Waals surface area contributed by atoms with Crippen LogP contribution in [0, 0.1) is 6.92 Å². The molecule has 3 rings (SSSR count). The van der Waals surface area contributed by atoms with E-state index in [9.17, 15) is 9.00 Å².